The molecule has 27 heavy (non-hydrogen) atoms. The summed E-state index contributed by atoms with van der Waals surface area (Å²) in [5.74, 6) is 1.96. The van der Waals surface area contributed by atoms with E-state index in [0.29, 0.717) is 19.4 Å². The van der Waals surface area contributed by atoms with Crippen molar-refractivity contribution >= 4 is 11.6 Å². The molecule has 1 amide bonds. The first-order valence-electron chi connectivity index (χ1n) is 9.58. The van der Waals surface area contributed by atoms with Gasteiger partial charge in [-0.2, -0.15) is 0 Å². The number of benzene rings is 2. The van der Waals surface area contributed by atoms with Gasteiger partial charge in [-0.1, -0.05) is 24.3 Å². The predicted octanol–water partition coefficient (Wildman–Crippen LogP) is 3.38. The van der Waals surface area contributed by atoms with E-state index in [2.05, 4.69) is 11.0 Å². The Morgan fingerprint density at radius 2 is 1.81 bits per heavy atom. The Labute approximate surface area is 161 Å². The molecule has 144 valence electrons. The molecule has 1 aliphatic rings. The summed E-state index contributed by atoms with van der Waals surface area (Å²) in [4.78, 5) is 16.9. The summed E-state index contributed by atoms with van der Waals surface area (Å²) in [5.41, 5.74) is 2.25. The topological polar surface area (TPSA) is 42.0 Å². The standard InChI is InChI=1S/C22H28N2O3/c1-3-27-21-10-5-4-7-18(21)11-12-22(25)24-15-13-23(14-16-24)19-8-6-9-20(17-19)26-2/h4-10,17H,3,11-16H2,1-2H3. The molecular formula is C22H28N2O3. The Hall–Kier alpha value is -2.69. The van der Waals surface area contributed by atoms with Gasteiger partial charge < -0.3 is 19.3 Å². The van der Waals surface area contributed by atoms with Gasteiger partial charge in [0.15, 0.2) is 0 Å². The number of methoxy groups -OCH3 is 1. The molecule has 5 heteroatoms. The van der Waals surface area contributed by atoms with Crippen LogP contribution in [-0.4, -0.2) is 50.7 Å². The third kappa shape index (κ3) is 4.94. The first-order chi connectivity index (χ1) is 13.2. The molecule has 0 aromatic heterocycles. The van der Waals surface area contributed by atoms with Gasteiger partial charge in [-0.05, 0) is 37.1 Å². The number of rotatable bonds is 7. The third-order valence-electron chi connectivity index (χ3n) is 4.93. The molecule has 1 fully saturated rings. The summed E-state index contributed by atoms with van der Waals surface area (Å²) >= 11 is 0. The van der Waals surface area contributed by atoms with Gasteiger partial charge in [-0.25, -0.2) is 0 Å². The van der Waals surface area contributed by atoms with E-state index in [1.807, 2.05) is 54.3 Å². The van der Waals surface area contributed by atoms with Crippen molar-refractivity contribution in [2.75, 3.05) is 44.8 Å². The largest absolute Gasteiger partial charge is 0.497 e. The molecule has 1 heterocycles. The lowest BCUT2D eigenvalue weighted by molar-refractivity contribution is -0.131. The van der Waals surface area contributed by atoms with Crippen LogP contribution in [0.15, 0.2) is 48.5 Å². The van der Waals surface area contributed by atoms with Crippen molar-refractivity contribution in [3.05, 3.63) is 54.1 Å². The minimum atomic E-state index is 0.214. The van der Waals surface area contributed by atoms with Gasteiger partial charge in [-0.3, -0.25) is 4.79 Å². The highest BCUT2D eigenvalue weighted by Gasteiger charge is 2.21. The molecule has 0 aliphatic carbocycles. The van der Waals surface area contributed by atoms with Crippen LogP contribution in [0.3, 0.4) is 0 Å². The second kappa shape index (κ2) is 9.31. The number of hydrogen-bond acceptors (Lipinski definition) is 4. The van der Waals surface area contributed by atoms with E-state index in [1.54, 1.807) is 7.11 Å². The number of ether oxygens (including phenoxy) is 2. The number of hydrogen-bond donors (Lipinski definition) is 0. The Balaban J connectivity index is 1.51. The molecule has 0 radical (unpaired) electrons. The van der Waals surface area contributed by atoms with Crippen molar-refractivity contribution in [2.45, 2.75) is 19.8 Å². The minimum absolute atomic E-state index is 0.214. The molecule has 1 saturated heterocycles. The molecule has 1 aliphatic heterocycles. The highest BCUT2D eigenvalue weighted by atomic mass is 16.5. The highest BCUT2D eigenvalue weighted by molar-refractivity contribution is 5.77. The monoisotopic (exact) mass is 368 g/mol. The van der Waals surface area contributed by atoms with Crippen LogP contribution in [0, 0.1) is 0 Å². The van der Waals surface area contributed by atoms with Crippen molar-refractivity contribution in [1.82, 2.24) is 4.90 Å². The van der Waals surface area contributed by atoms with Gasteiger partial charge in [0.1, 0.15) is 11.5 Å². The number of anilines is 1. The van der Waals surface area contributed by atoms with Gasteiger partial charge >= 0.3 is 0 Å². The van der Waals surface area contributed by atoms with E-state index >= 15 is 0 Å². The van der Waals surface area contributed by atoms with Gasteiger partial charge in [0.05, 0.1) is 13.7 Å². The Kier molecular flexibility index (Phi) is 6.58. The molecule has 0 saturated carbocycles. The van der Waals surface area contributed by atoms with Crippen molar-refractivity contribution < 1.29 is 14.3 Å². The predicted molar refractivity (Wildman–Crippen MR) is 108 cm³/mol. The summed E-state index contributed by atoms with van der Waals surface area (Å²) in [6.07, 6.45) is 1.23. The van der Waals surface area contributed by atoms with E-state index in [4.69, 9.17) is 9.47 Å². The van der Waals surface area contributed by atoms with Crippen LogP contribution in [0.2, 0.25) is 0 Å². The summed E-state index contributed by atoms with van der Waals surface area (Å²) in [5, 5.41) is 0. The van der Waals surface area contributed by atoms with Crippen LogP contribution in [0.25, 0.3) is 0 Å². The molecule has 0 atom stereocenters. The number of nitrogens with zero attached hydrogens (tertiary/aromatic N) is 2. The molecule has 5 nitrogen and oxygen atoms in total. The summed E-state index contributed by atoms with van der Waals surface area (Å²) in [6.45, 7) is 5.80. The molecule has 0 bridgehead atoms. The lowest BCUT2D eigenvalue weighted by Crippen LogP contribution is -2.48. The van der Waals surface area contributed by atoms with Crippen LogP contribution in [0.4, 0.5) is 5.69 Å². The van der Waals surface area contributed by atoms with Gasteiger partial charge in [0, 0.05) is 44.4 Å². The summed E-state index contributed by atoms with van der Waals surface area (Å²) < 4.78 is 11.0. The quantitative estimate of drug-likeness (QED) is 0.751. The number of piperazine rings is 1. The van der Waals surface area contributed by atoms with Crippen molar-refractivity contribution in [2.24, 2.45) is 0 Å². The van der Waals surface area contributed by atoms with Crippen molar-refractivity contribution in [3.63, 3.8) is 0 Å². The fourth-order valence-corrected chi connectivity index (χ4v) is 3.43. The lowest BCUT2D eigenvalue weighted by Gasteiger charge is -2.36. The van der Waals surface area contributed by atoms with E-state index in [-0.39, 0.29) is 5.91 Å². The molecule has 2 aromatic carbocycles. The molecular weight excluding hydrogens is 340 g/mol. The van der Waals surface area contributed by atoms with Crippen molar-refractivity contribution in [1.29, 1.82) is 0 Å². The molecule has 0 N–H and O–H groups in total. The average molecular weight is 368 g/mol. The first-order valence-corrected chi connectivity index (χ1v) is 9.58. The molecule has 2 aromatic rings. The third-order valence-corrected chi connectivity index (χ3v) is 4.93. The molecule has 0 spiro atoms. The van der Waals surface area contributed by atoms with Gasteiger partial charge in [0.25, 0.3) is 0 Å². The highest BCUT2D eigenvalue weighted by Crippen LogP contribution is 2.23. The lowest BCUT2D eigenvalue weighted by atomic mass is 10.1. The van der Waals surface area contributed by atoms with E-state index in [9.17, 15) is 4.79 Å². The maximum atomic E-state index is 12.6. The van der Waals surface area contributed by atoms with E-state index < -0.39 is 0 Å². The molecule has 0 unspecified atom stereocenters. The van der Waals surface area contributed by atoms with Crippen LogP contribution in [0.1, 0.15) is 18.9 Å². The maximum absolute atomic E-state index is 12.6. The average Bonchev–Trinajstić information content (AvgIpc) is 2.73. The first kappa shape index (κ1) is 19.1. The number of amides is 1. The van der Waals surface area contributed by atoms with Crippen LogP contribution in [0.5, 0.6) is 11.5 Å². The Bertz CT molecular complexity index is 755. The second-order valence-corrected chi connectivity index (χ2v) is 6.61. The fourth-order valence-electron chi connectivity index (χ4n) is 3.43. The zero-order valence-corrected chi connectivity index (χ0v) is 16.2. The Morgan fingerprint density at radius 1 is 1.04 bits per heavy atom. The number of carbonyl (C=O) groups excluding carboxylic acids is 1. The Morgan fingerprint density at radius 3 is 2.56 bits per heavy atom. The summed E-state index contributed by atoms with van der Waals surface area (Å²) in [6, 6.07) is 16.1. The summed E-state index contributed by atoms with van der Waals surface area (Å²) in [7, 11) is 1.68. The number of carbonyl (C=O) groups is 1. The van der Waals surface area contributed by atoms with Gasteiger partial charge in [0.2, 0.25) is 5.91 Å². The number of aryl methyl sites for hydroxylation is 1. The number of para-hydroxylation sites is 1. The normalized spacial score (nSPS) is 14.1. The van der Waals surface area contributed by atoms with Crippen LogP contribution >= 0.6 is 0 Å². The molecule has 3 rings (SSSR count). The maximum Gasteiger partial charge on any atom is 0.223 e. The van der Waals surface area contributed by atoms with Crippen molar-refractivity contribution in [3.8, 4) is 11.5 Å². The SMILES string of the molecule is CCOc1ccccc1CCC(=O)N1CCN(c2cccc(OC)c2)CC1. The second-order valence-electron chi connectivity index (χ2n) is 6.61. The zero-order chi connectivity index (χ0) is 19.1. The van der Waals surface area contributed by atoms with E-state index in [1.165, 1.54) is 0 Å². The zero-order valence-electron chi connectivity index (χ0n) is 16.2. The van der Waals surface area contributed by atoms with Gasteiger partial charge in [-0.15, -0.1) is 0 Å². The fraction of sp³-hybridized carbons (Fsp3) is 0.409. The smallest absolute Gasteiger partial charge is 0.223 e. The van der Waals surface area contributed by atoms with E-state index in [0.717, 1.165) is 48.9 Å². The minimum Gasteiger partial charge on any atom is -0.497 e. The van der Waals surface area contributed by atoms with Crippen LogP contribution in [-0.2, 0) is 11.2 Å². The van der Waals surface area contributed by atoms with Crippen LogP contribution < -0.4 is 14.4 Å².